The fourth-order valence-electron chi connectivity index (χ4n) is 3.95. The number of carbonyl (C=O) groups is 1. The van der Waals surface area contributed by atoms with Gasteiger partial charge in [0.15, 0.2) is 12.4 Å². The summed E-state index contributed by atoms with van der Waals surface area (Å²) in [7, 11) is 0. The van der Waals surface area contributed by atoms with Crippen molar-refractivity contribution in [2.75, 3.05) is 11.4 Å². The number of ether oxygens (including phenoxy) is 1. The van der Waals surface area contributed by atoms with Gasteiger partial charge in [-0.15, -0.1) is 0 Å². The Morgan fingerprint density at radius 2 is 1.61 bits per heavy atom. The van der Waals surface area contributed by atoms with Crippen molar-refractivity contribution in [3.63, 3.8) is 0 Å². The molecule has 0 radical (unpaired) electrons. The zero-order valence-electron chi connectivity index (χ0n) is 17.1. The second-order valence-electron chi connectivity index (χ2n) is 7.59. The molecule has 5 heteroatoms. The average Bonchev–Trinajstić information content (AvgIpc) is 3.32. The average molecular weight is 409 g/mol. The highest BCUT2D eigenvalue weighted by molar-refractivity contribution is 6.05. The molecule has 1 aliphatic heterocycles. The predicted molar refractivity (Wildman–Crippen MR) is 121 cm³/mol. The van der Waals surface area contributed by atoms with E-state index in [4.69, 9.17) is 4.74 Å². The van der Waals surface area contributed by atoms with Crippen molar-refractivity contribution in [3.8, 4) is 16.9 Å². The first-order valence-corrected chi connectivity index (χ1v) is 10.5. The van der Waals surface area contributed by atoms with E-state index >= 15 is 0 Å². The fraction of sp³-hybridized carbons (Fsp3) is 0.154. The summed E-state index contributed by atoms with van der Waals surface area (Å²) in [6, 6.07) is 28.0. The normalized spacial score (nSPS) is 13.0. The van der Waals surface area contributed by atoms with Gasteiger partial charge in [-0.3, -0.25) is 4.79 Å². The van der Waals surface area contributed by atoms with Crippen LogP contribution in [0.4, 0.5) is 5.69 Å². The highest BCUT2D eigenvalue weighted by Gasteiger charge is 2.24. The topological polar surface area (TPSA) is 47.4 Å². The van der Waals surface area contributed by atoms with Gasteiger partial charge in [0.2, 0.25) is 0 Å². The number of benzene rings is 3. The van der Waals surface area contributed by atoms with E-state index in [0.29, 0.717) is 12.2 Å². The van der Waals surface area contributed by atoms with E-state index in [1.807, 2.05) is 65.6 Å². The van der Waals surface area contributed by atoms with E-state index in [9.17, 15) is 4.79 Å². The van der Waals surface area contributed by atoms with Gasteiger partial charge in [-0.1, -0.05) is 60.7 Å². The molecular formula is C26H23N3O2. The third-order valence-corrected chi connectivity index (χ3v) is 5.54. The van der Waals surface area contributed by atoms with Crippen LogP contribution in [0.2, 0.25) is 0 Å². The van der Waals surface area contributed by atoms with Crippen molar-refractivity contribution in [1.82, 2.24) is 9.78 Å². The summed E-state index contributed by atoms with van der Waals surface area (Å²) < 4.78 is 7.50. The molecule has 1 amide bonds. The Morgan fingerprint density at radius 3 is 2.45 bits per heavy atom. The van der Waals surface area contributed by atoms with Gasteiger partial charge in [0, 0.05) is 18.4 Å². The molecule has 31 heavy (non-hydrogen) atoms. The highest BCUT2D eigenvalue weighted by Crippen LogP contribution is 2.28. The Balaban J connectivity index is 1.24. The summed E-state index contributed by atoms with van der Waals surface area (Å²) in [5.74, 6) is 0.686. The third-order valence-electron chi connectivity index (χ3n) is 5.54. The molecule has 0 fully saturated rings. The van der Waals surface area contributed by atoms with E-state index in [1.54, 1.807) is 16.9 Å². The number of carbonyl (C=O) groups excluding carboxylic acids is 1. The van der Waals surface area contributed by atoms with Crippen LogP contribution in [0.15, 0.2) is 91.1 Å². The van der Waals surface area contributed by atoms with Crippen LogP contribution in [-0.2, 0) is 13.2 Å². The molecule has 5 nitrogen and oxygen atoms in total. The minimum absolute atomic E-state index is 0.0712. The van der Waals surface area contributed by atoms with Crippen molar-refractivity contribution in [2.45, 2.75) is 19.6 Å². The number of para-hydroxylation sites is 1. The number of amides is 1. The molecule has 1 aliphatic rings. The van der Waals surface area contributed by atoms with Crippen LogP contribution in [-0.4, -0.2) is 22.2 Å². The largest absolute Gasteiger partial charge is 0.471 e. The minimum Gasteiger partial charge on any atom is -0.471 e. The molecule has 0 N–H and O–H groups in total. The van der Waals surface area contributed by atoms with E-state index in [0.717, 1.165) is 29.8 Å². The molecule has 0 atom stereocenters. The molecule has 3 aromatic carbocycles. The van der Waals surface area contributed by atoms with Gasteiger partial charge in [0.25, 0.3) is 5.91 Å². The van der Waals surface area contributed by atoms with Crippen molar-refractivity contribution in [3.05, 3.63) is 102 Å². The first-order chi connectivity index (χ1) is 15.3. The number of fused-ring (bicyclic) bond motifs is 1. The first kappa shape index (κ1) is 19.1. The predicted octanol–water partition coefficient (Wildman–Crippen LogP) is 5.18. The molecule has 4 aromatic rings. The summed E-state index contributed by atoms with van der Waals surface area (Å²) in [5.41, 5.74) is 4.94. The van der Waals surface area contributed by atoms with Gasteiger partial charge in [-0.05, 0) is 53.8 Å². The van der Waals surface area contributed by atoms with Crippen molar-refractivity contribution in [1.29, 1.82) is 0 Å². The summed E-state index contributed by atoms with van der Waals surface area (Å²) in [5, 5.41) is 4.44. The molecule has 0 aliphatic carbocycles. The smallest absolute Gasteiger partial charge is 0.278 e. The van der Waals surface area contributed by atoms with Gasteiger partial charge in [0.05, 0.1) is 0 Å². The molecule has 154 valence electrons. The Morgan fingerprint density at radius 1 is 0.871 bits per heavy atom. The molecular weight excluding hydrogens is 386 g/mol. The van der Waals surface area contributed by atoms with Gasteiger partial charge in [-0.2, -0.15) is 5.10 Å². The summed E-state index contributed by atoms with van der Waals surface area (Å²) >= 11 is 0. The molecule has 0 unspecified atom stereocenters. The number of hydrogen-bond acceptors (Lipinski definition) is 3. The maximum Gasteiger partial charge on any atom is 0.278 e. The summed E-state index contributed by atoms with van der Waals surface area (Å²) in [6.07, 6.45) is 3.75. The van der Waals surface area contributed by atoms with E-state index in [1.165, 1.54) is 11.1 Å². The Hall–Kier alpha value is -3.86. The third kappa shape index (κ3) is 4.08. The van der Waals surface area contributed by atoms with Crippen LogP contribution in [0.1, 0.15) is 22.5 Å². The lowest BCUT2D eigenvalue weighted by molar-refractivity contribution is 0.0978. The molecule has 5 rings (SSSR count). The number of hydrogen-bond donors (Lipinski definition) is 0. The van der Waals surface area contributed by atoms with Gasteiger partial charge >= 0.3 is 0 Å². The van der Waals surface area contributed by atoms with Crippen LogP contribution in [0.25, 0.3) is 11.1 Å². The van der Waals surface area contributed by atoms with Crippen molar-refractivity contribution < 1.29 is 9.53 Å². The highest BCUT2D eigenvalue weighted by atomic mass is 16.5. The second-order valence-corrected chi connectivity index (χ2v) is 7.59. The van der Waals surface area contributed by atoms with Gasteiger partial charge < -0.3 is 9.64 Å². The quantitative estimate of drug-likeness (QED) is 0.456. The maximum atomic E-state index is 13.0. The summed E-state index contributed by atoms with van der Waals surface area (Å²) in [4.78, 5) is 14.9. The number of aryl methyl sites for hydroxylation is 1. The number of aromatic nitrogens is 2. The Kier molecular flexibility index (Phi) is 5.23. The second kappa shape index (κ2) is 8.48. The molecule has 0 bridgehead atoms. The molecule has 0 saturated carbocycles. The monoisotopic (exact) mass is 409 g/mol. The zero-order valence-corrected chi connectivity index (χ0v) is 17.1. The lowest BCUT2D eigenvalue weighted by Gasteiger charge is -2.28. The SMILES string of the molecule is O=C(c1ccn(COc2ccc(-c3ccccc3)cc2)n1)N1CCCc2ccccc21. The van der Waals surface area contributed by atoms with Crippen molar-refractivity contribution in [2.24, 2.45) is 0 Å². The first-order valence-electron chi connectivity index (χ1n) is 10.5. The fourth-order valence-corrected chi connectivity index (χ4v) is 3.95. The van der Waals surface area contributed by atoms with Crippen LogP contribution >= 0.6 is 0 Å². The van der Waals surface area contributed by atoms with E-state index in [2.05, 4.69) is 23.3 Å². The summed E-state index contributed by atoms with van der Waals surface area (Å²) in [6.45, 7) is 0.960. The van der Waals surface area contributed by atoms with Crippen molar-refractivity contribution >= 4 is 11.6 Å². The molecule has 0 saturated heterocycles. The minimum atomic E-state index is -0.0712. The lowest BCUT2D eigenvalue weighted by Crippen LogP contribution is -2.35. The maximum absolute atomic E-state index is 13.0. The van der Waals surface area contributed by atoms with Crippen LogP contribution in [0, 0.1) is 0 Å². The van der Waals surface area contributed by atoms with E-state index < -0.39 is 0 Å². The number of nitrogens with zero attached hydrogens (tertiary/aromatic N) is 3. The number of anilines is 1. The lowest BCUT2D eigenvalue weighted by atomic mass is 10.0. The van der Waals surface area contributed by atoms with Crippen LogP contribution < -0.4 is 9.64 Å². The molecule has 1 aromatic heterocycles. The standard InChI is InChI=1S/C26H23N3O2/c30-26(29-17-6-10-22-9-4-5-11-25(22)29)24-16-18-28(27-24)19-31-23-14-12-21(13-15-23)20-7-2-1-3-8-20/h1-5,7-9,11-16,18H,6,10,17,19H2. The molecule has 0 spiro atoms. The Labute approximate surface area is 181 Å². The van der Waals surface area contributed by atoms with Gasteiger partial charge in [0.1, 0.15) is 5.75 Å². The number of rotatable bonds is 5. The van der Waals surface area contributed by atoms with Crippen LogP contribution in [0.5, 0.6) is 5.75 Å². The van der Waals surface area contributed by atoms with Crippen LogP contribution in [0.3, 0.4) is 0 Å². The van der Waals surface area contributed by atoms with E-state index in [-0.39, 0.29) is 12.6 Å². The Bertz CT molecular complexity index is 1180. The van der Waals surface area contributed by atoms with Gasteiger partial charge in [-0.25, -0.2) is 4.68 Å². The molecule has 2 heterocycles. The zero-order chi connectivity index (χ0) is 21.0.